The van der Waals surface area contributed by atoms with Crippen molar-refractivity contribution in [1.29, 1.82) is 0 Å². The van der Waals surface area contributed by atoms with E-state index in [-0.39, 0.29) is 11.9 Å². The van der Waals surface area contributed by atoms with E-state index in [1.807, 2.05) is 30.5 Å². The number of pyridine rings is 1. The van der Waals surface area contributed by atoms with Gasteiger partial charge in [0.05, 0.1) is 18.5 Å². The molecule has 0 fully saturated rings. The van der Waals surface area contributed by atoms with Gasteiger partial charge in [-0.05, 0) is 38.1 Å². The molecule has 1 amide bonds. The van der Waals surface area contributed by atoms with Gasteiger partial charge in [-0.1, -0.05) is 0 Å². The number of carbonyl (C=O) groups excluding carboxylic acids is 1. The summed E-state index contributed by atoms with van der Waals surface area (Å²) in [6, 6.07) is 6.96. The predicted octanol–water partition coefficient (Wildman–Crippen LogP) is 2.37. The van der Waals surface area contributed by atoms with E-state index >= 15 is 0 Å². The van der Waals surface area contributed by atoms with Crippen LogP contribution in [0.3, 0.4) is 0 Å². The Hall–Kier alpha value is -3.16. The fourth-order valence-electron chi connectivity index (χ4n) is 3.06. The number of rotatable bonds is 4. The Balaban J connectivity index is 1.48. The molecule has 0 unspecified atom stereocenters. The zero-order valence-electron chi connectivity index (χ0n) is 14.6. The van der Waals surface area contributed by atoms with Gasteiger partial charge in [-0.15, -0.1) is 10.2 Å². The maximum Gasteiger partial charge on any atom is 0.290 e. The van der Waals surface area contributed by atoms with Crippen molar-refractivity contribution in [2.75, 3.05) is 6.54 Å². The van der Waals surface area contributed by atoms with Gasteiger partial charge in [-0.3, -0.25) is 9.78 Å². The number of hydrogen-bond acceptors (Lipinski definition) is 6. The van der Waals surface area contributed by atoms with Gasteiger partial charge in [-0.25, -0.2) is 0 Å². The first-order valence-electron chi connectivity index (χ1n) is 8.45. The number of fused-ring (bicyclic) bond motifs is 1. The lowest BCUT2D eigenvalue weighted by Gasteiger charge is -2.33. The lowest BCUT2D eigenvalue weighted by atomic mass is 10.2. The minimum Gasteiger partial charge on any atom is -0.484 e. The largest absolute Gasteiger partial charge is 0.484 e. The van der Waals surface area contributed by atoms with Gasteiger partial charge in [0.1, 0.15) is 12.4 Å². The van der Waals surface area contributed by atoms with Crippen LogP contribution in [0.2, 0.25) is 0 Å². The van der Waals surface area contributed by atoms with Crippen LogP contribution in [0.15, 0.2) is 41.1 Å². The van der Waals surface area contributed by atoms with Crippen LogP contribution in [0.5, 0.6) is 5.75 Å². The lowest BCUT2D eigenvalue weighted by molar-refractivity contribution is 0.0602. The zero-order valence-corrected chi connectivity index (χ0v) is 14.6. The summed E-state index contributed by atoms with van der Waals surface area (Å²) in [7, 11) is 0. The highest BCUT2D eigenvalue weighted by molar-refractivity contribution is 5.91. The van der Waals surface area contributed by atoms with Gasteiger partial charge in [0, 0.05) is 18.8 Å². The quantitative estimate of drug-likeness (QED) is 0.716. The van der Waals surface area contributed by atoms with Crippen LogP contribution in [0.1, 0.15) is 40.9 Å². The molecule has 4 heterocycles. The Kier molecular flexibility index (Phi) is 4.16. The molecular weight excluding hydrogens is 334 g/mol. The Morgan fingerprint density at radius 1 is 1.31 bits per heavy atom. The summed E-state index contributed by atoms with van der Waals surface area (Å²) >= 11 is 0. The number of furan rings is 1. The van der Waals surface area contributed by atoms with E-state index in [4.69, 9.17) is 9.15 Å². The van der Waals surface area contributed by atoms with Crippen molar-refractivity contribution in [1.82, 2.24) is 24.6 Å². The molecule has 0 radical (unpaired) electrons. The fraction of sp³-hybridized carbons (Fsp3) is 0.333. The Morgan fingerprint density at radius 3 is 2.92 bits per heavy atom. The first-order valence-corrected chi connectivity index (χ1v) is 8.45. The second-order valence-electron chi connectivity index (χ2n) is 6.20. The van der Waals surface area contributed by atoms with Crippen molar-refractivity contribution in [2.45, 2.75) is 33.0 Å². The minimum absolute atomic E-state index is 0.139. The monoisotopic (exact) mass is 353 g/mol. The first-order chi connectivity index (χ1) is 12.6. The topological polar surface area (TPSA) is 86.3 Å². The number of aryl methyl sites for hydroxylation is 1. The highest BCUT2D eigenvalue weighted by Crippen LogP contribution is 2.26. The number of aromatic nitrogens is 4. The highest BCUT2D eigenvalue weighted by Gasteiger charge is 2.32. The van der Waals surface area contributed by atoms with Crippen molar-refractivity contribution in [2.24, 2.45) is 0 Å². The molecule has 134 valence electrons. The van der Waals surface area contributed by atoms with Crippen LogP contribution < -0.4 is 4.74 Å². The summed E-state index contributed by atoms with van der Waals surface area (Å²) in [5, 5.41) is 8.51. The van der Waals surface area contributed by atoms with Crippen molar-refractivity contribution in [3.05, 3.63) is 59.8 Å². The molecular formula is C18H19N5O3. The summed E-state index contributed by atoms with van der Waals surface area (Å²) in [6.45, 7) is 5.34. The second-order valence-corrected chi connectivity index (χ2v) is 6.20. The summed E-state index contributed by atoms with van der Waals surface area (Å²) in [4.78, 5) is 18.5. The van der Waals surface area contributed by atoms with Crippen molar-refractivity contribution in [3.63, 3.8) is 0 Å². The number of ether oxygens (including phenoxy) is 1. The third kappa shape index (κ3) is 2.94. The summed E-state index contributed by atoms with van der Waals surface area (Å²) < 4.78 is 13.0. The molecule has 4 rings (SSSR count). The molecule has 26 heavy (non-hydrogen) atoms. The molecule has 1 aliphatic rings. The van der Waals surface area contributed by atoms with Gasteiger partial charge in [0.2, 0.25) is 0 Å². The molecule has 0 aliphatic carbocycles. The van der Waals surface area contributed by atoms with Gasteiger partial charge in [-0.2, -0.15) is 0 Å². The zero-order chi connectivity index (χ0) is 18.1. The van der Waals surface area contributed by atoms with E-state index in [0.717, 1.165) is 17.3 Å². The van der Waals surface area contributed by atoms with Crippen LogP contribution >= 0.6 is 0 Å². The fourth-order valence-corrected chi connectivity index (χ4v) is 3.06. The van der Waals surface area contributed by atoms with E-state index in [9.17, 15) is 4.79 Å². The van der Waals surface area contributed by atoms with Crippen molar-refractivity contribution in [3.8, 4) is 5.75 Å². The molecule has 0 aromatic carbocycles. The average Bonchev–Trinajstić information content (AvgIpc) is 3.31. The van der Waals surface area contributed by atoms with Crippen LogP contribution in [0.4, 0.5) is 0 Å². The van der Waals surface area contributed by atoms with E-state index in [0.29, 0.717) is 31.2 Å². The minimum atomic E-state index is -0.191. The molecule has 3 aromatic heterocycles. The van der Waals surface area contributed by atoms with Gasteiger partial charge in [0.25, 0.3) is 5.91 Å². The summed E-state index contributed by atoms with van der Waals surface area (Å²) in [6.07, 6.45) is 3.19. The van der Waals surface area contributed by atoms with Gasteiger partial charge >= 0.3 is 0 Å². The van der Waals surface area contributed by atoms with E-state index in [1.54, 1.807) is 23.2 Å². The molecule has 3 aromatic rings. The van der Waals surface area contributed by atoms with Crippen LogP contribution in [-0.2, 0) is 13.2 Å². The summed E-state index contributed by atoms with van der Waals surface area (Å²) in [5.74, 6) is 2.36. The first kappa shape index (κ1) is 16.3. The third-order valence-corrected chi connectivity index (χ3v) is 4.51. The second kappa shape index (κ2) is 6.62. The average molecular weight is 353 g/mol. The van der Waals surface area contributed by atoms with E-state index in [2.05, 4.69) is 15.2 Å². The molecule has 8 heteroatoms. The molecule has 0 saturated carbocycles. The predicted molar refractivity (Wildman–Crippen MR) is 91.5 cm³/mol. The number of amides is 1. The standard InChI is InChI=1S/C18H19N5O3/c1-12-5-6-14(10-19-12)26-11-16-20-21-17-13(2)22(7-8-23(16)17)18(24)15-4-3-9-25-15/h3-6,9-10,13H,7-8,11H2,1-2H3/t13-/m0/s1. The maximum atomic E-state index is 12.6. The maximum absolute atomic E-state index is 12.6. The van der Waals surface area contributed by atoms with Crippen molar-refractivity contribution < 1.29 is 13.9 Å². The molecule has 1 atom stereocenters. The van der Waals surface area contributed by atoms with E-state index < -0.39 is 0 Å². The number of nitrogens with zero attached hydrogens (tertiary/aromatic N) is 5. The van der Waals surface area contributed by atoms with Crippen LogP contribution in [0, 0.1) is 6.92 Å². The smallest absolute Gasteiger partial charge is 0.290 e. The molecule has 1 aliphatic heterocycles. The number of hydrogen-bond donors (Lipinski definition) is 0. The molecule has 0 bridgehead atoms. The Labute approximate surface area is 150 Å². The molecule has 0 N–H and O–H groups in total. The van der Waals surface area contributed by atoms with Gasteiger partial charge < -0.3 is 18.6 Å². The molecule has 0 spiro atoms. The SMILES string of the molecule is Cc1ccc(OCc2nnc3n2CCN(C(=O)c2ccco2)[C@H]3C)cn1. The van der Waals surface area contributed by atoms with Crippen LogP contribution in [-0.4, -0.2) is 37.1 Å². The normalized spacial score (nSPS) is 16.4. The Morgan fingerprint density at radius 2 is 2.19 bits per heavy atom. The summed E-state index contributed by atoms with van der Waals surface area (Å²) in [5.41, 5.74) is 0.937. The third-order valence-electron chi connectivity index (χ3n) is 4.51. The highest BCUT2D eigenvalue weighted by atomic mass is 16.5. The lowest BCUT2D eigenvalue weighted by Crippen LogP contribution is -2.41. The number of carbonyl (C=O) groups is 1. The molecule has 0 saturated heterocycles. The molecule has 8 nitrogen and oxygen atoms in total. The van der Waals surface area contributed by atoms with E-state index in [1.165, 1.54) is 6.26 Å². The van der Waals surface area contributed by atoms with Crippen molar-refractivity contribution >= 4 is 5.91 Å². The van der Waals surface area contributed by atoms with Gasteiger partial charge in [0.15, 0.2) is 17.4 Å². The van der Waals surface area contributed by atoms with Crippen LogP contribution in [0.25, 0.3) is 0 Å². The Bertz CT molecular complexity index is 902.